The van der Waals surface area contributed by atoms with Crippen molar-refractivity contribution in [1.82, 2.24) is 0 Å². The average Bonchev–Trinajstić information content (AvgIpc) is 2.05. The highest BCUT2D eigenvalue weighted by Gasteiger charge is 2.33. The quantitative estimate of drug-likeness (QED) is 0.642. The Morgan fingerprint density at radius 1 is 1.69 bits per heavy atom. The third kappa shape index (κ3) is 2.13. The van der Waals surface area contributed by atoms with Crippen LogP contribution in [-0.4, -0.2) is 10.8 Å². The number of hydrogen-bond acceptors (Lipinski definition) is 2. The van der Waals surface area contributed by atoms with Crippen LogP contribution in [0.1, 0.15) is 19.8 Å². The first-order valence-corrected chi connectivity index (χ1v) is 4.72. The zero-order chi connectivity index (χ0) is 9.90. The molecule has 1 rings (SSSR count). The molecular formula is C10H12ClO2-. The van der Waals surface area contributed by atoms with Crippen LogP contribution in [0.3, 0.4) is 0 Å². The largest absolute Gasteiger partial charge is 0.550 e. The molecule has 0 radical (unpaired) electrons. The number of rotatable bonds is 3. The fourth-order valence-corrected chi connectivity index (χ4v) is 1.98. The van der Waals surface area contributed by atoms with Gasteiger partial charge in [-0.05, 0) is 12.8 Å². The molecule has 0 aromatic heterocycles. The molecule has 0 fully saturated rings. The topological polar surface area (TPSA) is 40.1 Å². The molecule has 1 aliphatic carbocycles. The van der Waals surface area contributed by atoms with Crippen LogP contribution < -0.4 is 5.11 Å². The molecule has 3 heteroatoms. The van der Waals surface area contributed by atoms with Gasteiger partial charge in [0.2, 0.25) is 0 Å². The predicted molar refractivity (Wildman–Crippen MR) is 50.3 cm³/mol. The van der Waals surface area contributed by atoms with Gasteiger partial charge < -0.3 is 9.90 Å². The van der Waals surface area contributed by atoms with Gasteiger partial charge in [0.25, 0.3) is 0 Å². The van der Waals surface area contributed by atoms with Gasteiger partial charge in [-0.15, -0.1) is 11.6 Å². The zero-order valence-electron chi connectivity index (χ0n) is 7.50. The van der Waals surface area contributed by atoms with Gasteiger partial charge in [0.15, 0.2) is 0 Å². The van der Waals surface area contributed by atoms with Gasteiger partial charge in [-0.3, -0.25) is 0 Å². The molecule has 2 atom stereocenters. The van der Waals surface area contributed by atoms with Gasteiger partial charge >= 0.3 is 0 Å². The minimum absolute atomic E-state index is 0.490. The Morgan fingerprint density at radius 3 is 2.77 bits per heavy atom. The predicted octanol–water partition coefficient (Wildman–Crippen LogP) is 1.26. The Balaban J connectivity index is 2.83. The molecule has 2 unspecified atom stereocenters. The van der Waals surface area contributed by atoms with Crippen molar-refractivity contribution in [3.8, 4) is 0 Å². The summed E-state index contributed by atoms with van der Waals surface area (Å²) in [5.74, 6) is -1.69. The summed E-state index contributed by atoms with van der Waals surface area (Å²) >= 11 is 6.18. The first-order valence-electron chi connectivity index (χ1n) is 4.34. The van der Waals surface area contributed by atoms with E-state index in [9.17, 15) is 9.90 Å². The lowest BCUT2D eigenvalue weighted by Crippen LogP contribution is -2.43. The SMILES string of the molecule is CCC(C(=O)[O-])C1(Cl)C=CC=CC1. The van der Waals surface area contributed by atoms with E-state index >= 15 is 0 Å². The minimum atomic E-state index is -1.07. The maximum atomic E-state index is 10.8. The van der Waals surface area contributed by atoms with Crippen molar-refractivity contribution in [2.45, 2.75) is 24.6 Å². The highest BCUT2D eigenvalue weighted by molar-refractivity contribution is 6.26. The molecule has 0 saturated heterocycles. The second-order valence-electron chi connectivity index (χ2n) is 3.20. The Bertz CT molecular complexity index is 258. The normalized spacial score (nSPS) is 28.8. The summed E-state index contributed by atoms with van der Waals surface area (Å²) in [6.45, 7) is 1.80. The van der Waals surface area contributed by atoms with Crippen molar-refractivity contribution >= 4 is 17.6 Å². The van der Waals surface area contributed by atoms with E-state index < -0.39 is 16.8 Å². The molecule has 0 aliphatic heterocycles. The summed E-state index contributed by atoms with van der Waals surface area (Å²) in [6, 6.07) is 0. The average molecular weight is 200 g/mol. The van der Waals surface area contributed by atoms with Crippen LogP contribution in [0.15, 0.2) is 24.3 Å². The maximum Gasteiger partial charge on any atom is 0.0743 e. The molecule has 0 bridgehead atoms. The van der Waals surface area contributed by atoms with Crippen molar-refractivity contribution in [2.24, 2.45) is 5.92 Å². The molecule has 0 aromatic carbocycles. The van der Waals surface area contributed by atoms with Gasteiger partial charge in [0.05, 0.1) is 4.87 Å². The van der Waals surface area contributed by atoms with Gasteiger partial charge in [0, 0.05) is 11.9 Å². The van der Waals surface area contributed by atoms with Gasteiger partial charge in [-0.25, -0.2) is 0 Å². The number of carboxylic acid groups (broad SMARTS) is 1. The Hall–Kier alpha value is -0.760. The summed E-state index contributed by atoms with van der Waals surface area (Å²) < 4.78 is 0. The van der Waals surface area contributed by atoms with E-state index in [1.807, 2.05) is 12.2 Å². The molecule has 0 aromatic rings. The van der Waals surface area contributed by atoms with Crippen LogP contribution >= 0.6 is 11.6 Å². The third-order valence-corrected chi connectivity index (χ3v) is 2.87. The van der Waals surface area contributed by atoms with Crippen LogP contribution in [0, 0.1) is 5.92 Å². The van der Waals surface area contributed by atoms with Crippen LogP contribution in [0.4, 0.5) is 0 Å². The van der Waals surface area contributed by atoms with E-state index in [4.69, 9.17) is 11.6 Å². The second kappa shape index (κ2) is 3.97. The maximum absolute atomic E-state index is 10.8. The molecular weight excluding hydrogens is 188 g/mol. The molecule has 0 N–H and O–H groups in total. The lowest BCUT2D eigenvalue weighted by Gasteiger charge is -2.33. The number of hydrogen-bond donors (Lipinski definition) is 0. The van der Waals surface area contributed by atoms with Gasteiger partial charge in [-0.2, -0.15) is 0 Å². The molecule has 13 heavy (non-hydrogen) atoms. The summed E-state index contributed by atoms with van der Waals surface area (Å²) in [7, 11) is 0. The first kappa shape index (κ1) is 10.3. The molecule has 0 amide bonds. The fraction of sp³-hybridized carbons (Fsp3) is 0.500. The van der Waals surface area contributed by atoms with Crippen LogP contribution in [0.5, 0.6) is 0 Å². The third-order valence-electron chi connectivity index (χ3n) is 2.32. The van der Waals surface area contributed by atoms with Crippen molar-refractivity contribution < 1.29 is 9.90 Å². The van der Waals surface area contributed by atoms with Gasteiger partial charge in [0.1, 0.15) is 0 Å². The van der Waals surface area contributed by atoms with E-state index in [1.54, 1.807) is 19.1 Å². The van der Waals surface area contributed by atoms with Crippen molar-refractivity contribution in [1.29, 1.82) is 0 Å². The second-order valence-corrected chi connectivity index (χ2v) is 3.90. The number of carboxylic acids is 1. The van der Waals surface area contributed by atoms with E-state index in [1.165, 1.54) is 0 Å². The summed E-state index contributed by atoms with van der Waals surface area (Å²) in [5.41, 5.74) is 0. The molecule has 0 heterocycles. The van der Waals surface area contributed by atoms with Gasteiger partial charge in [-0.1, -0.05) is 31.2 Å². The Kier molecular flexibility index (Phi) is 3.15. The lowest BCUT2D eigenvalue weighted by molar-refractivity contribution is -0.312. The molecule has 0 saturated carbocycles. The number of halogens is 1. The van der Waals surface area contributed by atoms with Crippen LogP contribution in [-0.2, 0) is 4.79 Å². The van der Waals surface area contributed by atoms with Crippen molar-refractivity contribution in [3.63, 3.8) is 0 Å². The number of aliphatic carboxylic acids is 1. The number of allylic oxidation sites excluding steroid dienone is 4. The van der Waals surface area contributed by atoms with Crippen LogP contribution in [0.25, 0.3) is 0 Å². The van der Waals surface area contributed by atoms with E-state index in [2.05, 4.69) is 0 Å². The highest BCUT2D eigenvalue weighted by Crippen LogP contribution is 2.35. The lowest BCUT2D eigenvalue weighted by atomic mass is 9.84. The molecule has 72 valence electrons. The smallest absolute Gasteiger partial charge is 0.0743 e. The zero-order valence-corrected chi connectivity index (χ0v) is 8.25. The Morgan fingerprint density at radius 2 is 2.38 bits per heavy atom. The molecule has 0 spiro atoms. The number of carbonyl (C=O) groups is 1. The summed E-state index contributed by atoms with van der Waals surface area (Å²) in [5, 5.41) is 10.8. The van der Waals surface area contributed by atoms with E-state index in [-0.39, 0.29) is 0 Å². The monoisotopic (exact) mass is 199 g/mol. The Labute approximate surface area is 82.9 Å². The standard InChI is InChI=1S/C10H13ClO2/c1-2-8(9(12)13)10(11)6-4-3-5-7-10/h3-6,8H,2,7H2,1H3,(H,12,13)/p-1. The highest BCUT2D eigenvalue weighted by atomic mass is 35.5. The number of alkyl halides is 1. The minimum Gasteiger partial charge on any atom is -0.550 e. The number of carbonyl (C=O) groups excluding carboxylic acids is 1. The van der Waals surface area contributed by atoms with Crippen molar-refractivity contribution in [3.05, 3.63) is 24.3 Å². The molecule has 1 aliphatic rings. The van der Waals surface area contributed by atoms with E-state index in [0.717, 1.165) is 0 Å². The summed E-state index contributed by atoms with van der Waals surface area (Å²) in [4.78, 5) is 9.99. The van der Waals surface area contributed by atoms with Crippen molar-refractivity contribution in [2.75, 3.05) is 0 Å². The van der Waals surface area contributed by atoms with Crippen LogP contribution in [0.2, 0.25) is 0 Å². The first-order chi connectivity index (χ1) is 6.10. The summed E-state index contributed by atoms with van der Waals surface area (Å²) in [6.07, 6.45) is 8.30. The molecule has 2 nitrogen and oxygen atoms in total. The van der Waals surface area contributed by atoms with E-state index in [0.29, 0.717) is 12.8 Å². The fourth-order valence-electron chi connectivity index (χ4n) is 1.57.